The lowest BCUT2D eigenvalue weighted by molar-refractivity contribution is 0.316. The number of piperidine rings is 1. The van der Waals surface area contributed by atoms with Crippen LogP contribution < -0.4 is 5.73 Å². The summed E-state index contributed by atoms with van der Waals surface area (Å²) in [6, 6.07) is 5.13. The van der Waals surface area contributed by atoms with E-state index in [4.69, 9.17) is 5.73 Å². The number of benzene rings is 1. The molecule has 1 aliphatic heterocycles. The normalized spacial score (nSPS) is 20.8. The summed E-state index contributed by atoms with van der Waals surface area (Å²) in [4.78, 5) is 0.200. The zero-order valence-electron chi connectivity index (χ0n) is 11.6. The second kappa shape index (κ2) is 6.62. The molecule has 120 valence electrons. The monoisotopic (exact) mass is 354 g/mol. The van der Waals surface area contributed by atoms with Crippen LogP contribution in [-0.4, -0.2) is 46.5 Å². The summed E-state index contributed by atoms with van der Waals surface area (Å²) in [5, 5.41) is 0. The third-order valence-electron chi connectivity index (χ3n) is 3.31. The lowest BCUT2D eigenvalue weighted by Gasteiger charge is -2.29. The molecule has 1 aromatic rings. The highest BCUT2D eigenvalue weighted by Crippen LogP contribution is 2.21. The van der Waals surface area contributed by atoms with Crippen molar-refractivity contribution in [1.29, 1.82) is 0 Å². The van der Waals surface area contributed by atoms with Crippen molar-refractivity contribution in [3.63, 3.8) is 0 Å². The molecule has 0 aliphatic carbocycles. The topological polar surface area (TPSA) is 97.5 Å². The van der Waals surface area contributed by atoms with E-state index in [0.29, 0.717) is 13.1 Å². The van der Waals surface area contributed by atoms with Crippen LogP contribution in [0.3, 0.4) is 0 Å². The van der Waals surface area contributed by atoms with Gasteiger partial charge in [0, 0.05) is 25.4 Å². The Morgan fingerprint density at radius 3 is 2.10 bits per heavy atom. The molecule has 0 amide bonds. The fraction of sp³-hybridized carbons (Fsp3) is 0.500. The summed E-state index contributed by atoms with van der Waals surface area (Å²) in [6.07, 6.45) is 2.64. The minimum absolute atomic E-state index is 0. The number of sulfone groups is 1. The maximum Gasteiger partial charge on any atom is 0.243 e. The van der Waals surface area contributed by atoms with Crippen LogP contribution in [-0.2, 0) is 19.9 Å². The predicted octanol–water partition coefficient (Wildman–Crippen LogP) is 0.624. The number of nitrogens with two attached hydrogens (primary N) is 1. The molecule has 9 heteroatoms. The van der Waals surface area contributed by atoms with Gasteiger partial charge < -0.3 is 5.73 Å². The molecule has 1 aliphatic rings. The molecule has 1 atom stereocenters. The summed E-state index contributed by atoms with van der Waals surface area (Å²) in [5.41, 5.74) is 5.80. The van der Waals surface area contributed by atoms with Crippen LogP contribution in [0.1, 0.15) is 12.8 Å². The van der Waals surface area contributed by atoms with Crippen molar-refractivity contribution in [1.82, 2.24) is 4.31 Å². The Kier molecular flexibility index (Phi) is 5.79. The highest BCUT2D eigenvalue weighted by molar-refractivity contribution is 7.90. The fourth-order valence-electron chi connectivity index (χ4n) is 2.20. The van der Waals surface area contributed by atoms with E-state index in [1.807, 2.05) is 0 Å². The molecule has 0 saturated carbocycles. The molecule has 6 nitrogen and oxygen atoms in total. The molecule has 0 radical (unpaired) electrons. The largest absolute Gasteiger partial charge is 0.327 e. The van der Waals surface area contributed by atoms with Crippen LogP contribution in [0.15, 0.2) is 34.1 Å². The number of sulfonamides is 1. The zero-order valence-corrected chi connectivity index (χ0v) is 14.0. The van der Waals surface area contributed by atoms with Gasteiger partial charge in [-0.15, -0.1) is 12.4 Å². The first-order chi connectivity index (χ1) is 9.21. The molecule has 21 heavy (non-hydrogen) atoms. The van der Waals surface area contributed by atoms with Gasteiger partial charge >= 0.3 is 0 Å². The average Bonchev–Trinajstić information content (AvgIpc) is 2.38. The van der Waals surface area contributed by atoms with Gasteiger partial charge in [0.15, 0.2) is 9.84 Å². The second-order valence-corrected chi connectivity index (χ2v) is 8.96. The third kappa shape index (κ3) is 4.17. The number of nitrogens with zero attached hydrogens (tertiary/aromatic N) is 1. The molecule has 1 aromatic carbocycles. The Morgan fingerprint density at radius 2 is 1.62 bits per heavy atom. The molecule has 1 heterocycles. The lowest BCUT2D eigenvalue weighted by Crippen LogP contribution is -2.45. The highest BCUT2D eigenvalue weighted by Gasteiger charge is 2.28. The molecule has 1 saturated heterocycles. The van der Waals surface area contributed by atoms with Crippen molar-refractivity contribution < 1.29 is 16.8 Å². The molecule has 0 spiro atoms. The quantitative estimate of drug-likeness (QED) is 0.858. The van der Waals surface area contributed by atoms with E-state index >= 15 is 0 Å². The van der Waals surface area contributed by atoms with Crippen LogP contribution in [0.25, 0.3) is 0 Å². The number of halogens is 1. The van der Waals surface area contributed by atoms with E-state index in [2.05, 4.69) is 0 Å². The van der Waals surface area contributed by atoms with Crippen molar-refractivity contribution in [2.24, 2.45) is 5.73 Å². The smallest absolute Gasteiger partial charge is 0.243 e. The summed E-state index contributed by atoms with van der Waals surface area (Å²) in [7, 11) is -6.93. The minimum atomic E-state index is -3.60. The van der Waals surface area contributed by atoms with E-state index in [-0.39, 0.29) is 28.2 Å². The fourth-order valence-corrected chi connectivity index (χ4v) is 4.37. The first-order valence-corrected chi connectivity index (χ1v) is 9.60. The van der Waals surface area contributed by atoms with E-state index < -0.39 is 19.9 Å². The summed E-state index contributed by atoms with van der Waals surface area (Å²) >= 11 is 0. The van der Waals surface area contributed by atoms with Gasteiger partial charge in [-0.1, -0.05) is 0 Å². The predicted molar refractivity (Wildman–Crippen MR) is 82.8 cm³/mol. The van der Waals surface area contributed by atoms with E-state index in [0.717, 1.165) is 19.1 Å². The highest BCUT2D eigenvalue weighted by atomic mass is 35.5. The summed E-state index contributed by atoms with van der Waals surface area (Å²) in [5.74, 6) is 0. The van der Waals surface area contributed by atoms with Gasteiger partial charge in [-0.3, -0.25) is 0 Å². The van der Waals surface area contributed by atoms with Crippen molar-refractivity contribution in [3.05, 3.63) is 24.3 Å². The van der Waals surface area contributed by atoms with E-state index in [1.54, 1.807) is 0 Å². The molecular formula is C12H19ClN2O4S2. The van der Waals surface area contributed by atoms with E-state index in [1.165, 1.54) is 28.6 Å². The van der Waals surface area contributed by atoms with Crippen molar-refractivity contribution in [3.8, 4) is 0 Å². The second-order valence-electron chi connectivity index (χ2n) is 5.01. The van der Waals surface area contributed by atoms with E-state index in [9.17, 15) is 16.8 Å². The van der Waals surface area contributed by atoms with Gasteiger partial charge in [-0.2, -0.15) is 4.31 Å². The van der Waals surface area contributed by atoms with Gasteiger partial charge in [0.1, 0.15) is 0 Å². The molecule has 2 N–H and O–H groups in total. The van der Waals surface area contributed by atoms with Gasteiger partial charge in [-0.25, -0.2) is 16.8 Å². The molecule has 1 fully saturated rings. The molecule has 0 bridgehead atoms. The van der Waals surface area contributed by atoms with Crippen molar-refractivity contribution in [2.45, 2.75) is 28.7 Å². The Hall–Kier alpha value is -0.670. The van der Waals surface area contributed by atoms with Crippen molar-refractivity contribution >= 4 is 32.3 Å². The van der Waals surface area contributed by atoms with Gasteiger partial charge in [-0.05, 0) is 37.1 Å². The molecule has 1 unspecified atom stereocenters. The molecular weight excluding hydrogens is 336 g/mol. The standard InChI is InChI=1S/C12H18N2O4S2.ClH/c1-19(15,16)11-4-6-12(7-5-11)20(17,18)14-8-2-3-10(13)9-14;/h4-7,10H,2-3,8-9,13H2,1H3;1H. The first kappa shape index (κ1) is 18.4. The number of rotatable bonds is 3. The van der Waals surface area contributed by atoms with Crippen molar-refractivity contribution in [2.75, 3.05) is 19.3 Å². The van der Waals surface area contributed by atoms with Crippen LogP contribution in [0, 0.1) is 0 Å². The van der Waals surface area contributed by atoms with Gasteiger partial charge in [0.25, 0.3) is 0 Å². The summed E-state index contributed by atoms with van der Waals surface area (Å²) < 4.78 is 48.9. The summed E-state index contributed by atoms with van der Waals surface area (Å²) in [6.45, 7) is 0.750. The Bertz CT molecular complexity index is 686. The molecule has 0 aromatic heterocycles. The third-order valence-corrected chi connectivity index (χ3v) is 6.32. The number of hydrogen-bond donors (Lipinski definition) is 1. The Morgan fingerprint density at radius 1 is 1.10 bits per heavy atom. The van der Waals surface area contributed by atoms with Gasteiger partial charge in [0.2, 0.25) is 10.0 Å². The Labute approximate surface area is 131 Å². The SMILES string of the molecule is CS(=O)(=O)c1ccc(S(=O)(=O)N2CCCC(N)C2)cc1.Cl. The van der Waals surface area contributed by atoms with Crippen LogP contribution >= 0.6 is 12.4 Å². The lowest BCUT2D eigenvalue weighted by atomic mass is 10.1. The van der Waals surface area contributed by atoms with Crippen LogP contribution in [0.5, 0.6) is 0 Å². The zero-order chi connectivity index (χ0) is 15.0. The first-order valence-electron chi connectivity index (χ1n) is 6.27. The maximum atomic E-state index is 12.4. The average molecular weight is 355 g/mol. The number of hydrogen-bond acceptors (Lipinski definition) is 5. The maximum absolute atomic E-state index is 12.4. The van der Waals surface area contributed by atoms with Crippen LogP contribution in [0.4, 0.5) is 0 Å². The Balaban J connectivity index is 0.00000220. The van der Waals surface area contributed by atoms with Gasteiger partial charge in [0.05, 0.1) is 9.79 Å². The minimum Gasteiger partial charge on any atom is -0.327 e. The molecule has 2 rings (SSSR count). The van der Waals surface area contributed by atoms with Crippen LogP contribution in [0.2, 0.25) is 0 Å².